The molecule has 1 heterocycles. The lowest BCUT2D eigenvalue weighted by molar-refractivity contribution is 0.0709. The third kappa shape index (κ3) is 2.31. The Bertz CT molecular complexity index is 603. The number of hydrogen-bond donors (Lipinski definition) is 1. The molecule has 1 aliphatic carbocycles. The zero-order valence-corrected chi connectivity index (χ0v) is 10.6. The van der Waals surface area contributed by atoms with Crippen molar-refractivity contribution in [1.82, 2.24) is 9.88 Å². The van der Waals surface area contributed by atoms with E-state index in [0.29, 0.717) is 18.2 Å². The first-order chi connectivity index (χ1) is 9.31. The Kier molecular flexibility index (Phi) is 3.17. The third-order valence-electron chi connectivity index (χ3n) is 3.49. The van der Waals surface area contributed by atoms with Crippen LogP contribution in [0, 0.1) is 0 Å². The van der Waals surface area contributed by atoms with E-state index in [1.54, 1.807) is 17.3 Å². The lowest BCUT2D eigenvalue weighted by Gasteiger charge is -2.21. The summed E-state index contributed by atoms with van der Waals surface area (Å²) >= 11 is 0. The van der Waals surface area contributed by atoms with Gasteiger partial charge in [-0.25, -0.2) is 0 Å². The first-order valence-electron chi connectivity index (χ1n) is 6.56. The highest BCUT2D eigenvalue weighted by Crippen LogP contribution is 2.29. The summed E-state index contributed by atoms with van der Waals surface area (Å²) < 4.78 is 0. The molecule has 2 aromatic rings. The van der Waals surface area contributed by atoms with Crippen molar-refractivity contribution in [2.24, 2.45) is 0 Å². The molecule has 3 rings (SSSR count). The topological polar surface area (TPSA) is 53.4 Å². The van der Waals surface area contributed by atoms with Crippen LogP contribution in [-0.2, 0) is 0 Å². The fraction of sp³-hybridized carbons (Fsp3) is 0.333. The van der Waals surface area contributed by atoms with E-state index in [2.05, 4.69) is 4.98 Å². The molecular weight excluding hydrogens is 240 g/mol. The molecule has 1 aromatic carbocycles. The minimum absolute atomic E-state index is 0.000431. The second-order valence-electron chi connectivity index (χ2n) is 4.86. The molecule has 98 valence electrons. The van der Waals surface area contributed by atoms with E-state index in [4.69, 9.17) is 5.11 Å². The van der Waals surface area contributed by atoms with Gasteiger partial charge in [0, 0.05) is 30.4 Å². The summed E-state index contributed by atoms with van der Waals surface area (Å²) in [6.07, 6.45) is 5.45. The van der Waals surface area contributed by atoms with Gasteiger partial charge >= 0.3 is 0 Å². The number of fused-ring (bicyclic) bond motifs is 1. The molecule has 1 amide bonds. The van der Waals surface area contributed by atoms with Crippen molar-refractivity contribution < 1.29 is 9.90 Å². The number of aromatic nitrogens is 1. The first-order valence-corrected chi connectivity index (χ1v) is 6.56. The van der Waals surface area contributed by atoms with Gasteiger partial charge in [0.15, 0.2) is 0 Å². The van der Waals surface area contributed by atoms with Gasteiger partial charge in [-0.15, -0.1) is 0 Å². The molecule has 0 atom stereocenters. The zero-order chi connectivity index (χ0) is 13.2. The van der Waals surface area contributed by atoms with E-state index in [1.807, 2.05) is 24.3 Å². The molecule has 0 saturated heterocycles. The van der Waals surface area contributed by atoms with Crippen LogP contribution < -0.4 is 0 Å². The van der Waals surface area contributed by atoms with Crippen LogP contribution in [0.15, 0.2) is 36.7 Å². The SMILES string of the molecule is O=C(c1cncc2ccccc12)N(CCO)C1CC1. The van der Waals surface area contributed by atoms with Crippen LogP contribution in [0.1, 0.15) is 23.2 Å². The normalized spacial score (nSPS) is 14.6. The van der Waals surface area contributed by atoms with E-state index in [1.165, 1.54) is 0 Å². The van der Waals surface area contributed by atoms with Crippen LogP contribution in [0.4, 0.5) is 0 Å². The van der Waals surface area contributed by atoms with Crippen LogP contribution in [0.2, 0.25) is 0 Å². The molecule has 0 aliphatic heterocycles. The van der Waals surface area contributed by atoms with Crippen LogP contribution in [-0.4, -0.2) is 40.1 Å². The second kappa shape index (κ2) is 4.97. The average molecular weight is 256 g/mol. The molecule has 1 N–H and O–H groups in total. The number of carbonyl (C=O) groups is 1. The standard InChI is InChI=1S/C15H16N2O2/c18-8-7-17(12-5-6-12)15(19)14-10-16-9-11-3-1-2-4-13(11)14/h1-4,9-10,12,18H,5-8H2. The maximum absolute atomic E-state index is 12.6. The Morgan fingerprint density at radius 1 is 1.32 bits per heavy atom. The summed E-state index contributed by atoms with van der Waals surface area (Å²) in [5.74, 6) is -0.0270. The molecule has 1 saturated carbocycles. The highest BCUT2D eigenvalue weighted by molar-refractivity contribution is 6.06. The summed E-state index contributed by atoms with van der Waals surface area (Å²) in [5, 5.41) is 11.0. The number of nitrogens with zero attached hydrogens (tertiary/aromatic N) is 2. The molecule has 1 aromatic heterocycles. The molecule has 0 spiro atoms. The van der Waals surface area contributed by atoms with E-state index in [9.17, 15) is 4.79 Å². The minimum Gasteiger partial charge on any atom is -0.395 e. The number of carbonyl (C=O) groups excluding carboxylic acids is 1. The van der Waals surface area contributed by atoms with Gasteiger partial charge in [0.1, 0.15) is 0 Å². The molecule has 0 bridgehead atoms. The summed E-state index contributed by atoms with van der Waals surface area (Å²) in [4.78, 5) is 18.5. The molecule has 19 heavy (non-hydrogen) atoms. The van der Waals surface area contributed by atoms with Gasteiger partial charge in [-0.2, -0.15) is 0 Å². The summed E-state index contributed by atoms with van der Waals surface area (Å²) in [6, 6.07) is 8.04. The third-order valence-corrected chi connectivity index (χ3v) is 3.49. The van der Waals surface area contributed by atoms with Crippen LogP contribution in [0.5, 0.6) is 0 Å². The Hall–Kier alpha value is -1.94. The van der Waals surface area contributed by atoms with Gasteiger partial charge in [-0.1, -0.05) is 24.3 Å². The summed E-state index contributed by atoms with van der Waals surface area (Å²) in [6.45, 7) is 0.396. The number of benzene rings is 1. The number of rotatable bonds is 4. The van der Waals surface area contributed by atoms with Gasteiger partial charge in [0.2, 0.25) is 0 Å². The molecule has 4 heteroatoms. The van der Waals surface area contributed by atoms with Gasteiger partial charge in [0.25, 0.3) is 5.91 Å². The number of amides is 1. The van der Waals surface area contributed by atoms with Crippen molar-refractivity contribution in [3.05, 3.63) is 42.2 Å². The predicted molar refractivity (Wildman–Crippen MR) is 72.9 cm³/mol. The Labute approximate surface area is 111 Å². The molecule has 4 nitrogen and oxygen atoms in total. The maximum atomic E-state index is 12.6. The molecule has 0 radical (unpaired) electrons. The lowest BCUT2D eigenvalue weighted by atomic mass is 10.1. The van der Waals surface area contributed by atoms with Crippen LogP contribution in [0.25, 0.3) is 10.8 Å². The van der Waals surface area contributed by atoms with E-state index in [0.717, 1.165) is 23.6 Å². The maximum Gasteiger partial charge on any atom is 0.256 e. The molecule has 1 aliphatic rings. The van der Waals surface area contributed by atoms with Crippen molar-refractivity contribution in [2.75, 3.05) is 13.2 Å². The predicted octanol–water partition coefficient (Wildman–Crippen LogP) is 1.83. The molecule has 1 fully saturated rings. The zero-order valence-electron chi connectivity index (χ0n) is 10.6. The number of aliphatic hydroxyl groups excluding tert-OH is 1. The average Bonchev–Trinajstić information content (AvgIpc) is 3.28. The van der Waals surface area contributed by atoms with Crippen molar-refractivity contribution in [3.63, 3.8) is 0 Å². The quantitative estimate of drug-likeness (QED) is 0.908. The summed E-state index contributed by atoms with van der Waals surface area (Å²) in [7, 11) is 0. The highest BCUT2D eigenvalue weighted by Gasteiger charge is 2.33. The second-order valence-corrected chi connectivity index (χ2v) is 4.86. The van der Waals surface area contributed by atoms with Crippen molar-refractivity contribution in [2.45, 2.75) is 18.9 Å². The largest absolute Gasteiger partial charge is 0.395 e. The van der Waals surface area contributed by atoms with E-state index >= 15 is 0 Å². The Morgan fingerprint density at radius 2 is 2.11 bits per heavy atom. The lowest BCUT2D eigenvalue weighted by Crippen LogP contribution is -2.35. The van der Waals surface area contributed by atoms with Crippen molar-refractivity contribution >= 4 is 16.7 Å². The van der Waals surface area contributed by atoms with Crippen molar-refractivity contribution in [3.8, 4) is 0 Å². The number of pyridine rings is 1. The number of hydrogen-bond acceptors (Lipinski definition) is 3. The first kappa shape index (κ1) is 12.1. The molecule has 0 unspecified atom stereocenters. The number of aliphatic hydroxyl groups is 1. The van der Waals surface area contributed by atoms with E-state index < -0.39 is 0 Å². The molecular formula is C15H16N2O2. The van der Waals surface area contributed by atoms with Gasteiger partial charge in [-0.05, 0) is 18.2 Å². The van der Waals surface area contributed by atoms with Crippen LogP contribution >= 0.6 is 0 Å². The van der Waals surface area contributed by atoms with Gasteiger partial charge < -0.3 is 10.0 Å². The Balaban J connectivity index is 2.00. The van der Waals surface area contributed by atoms with Gasteiger partial charge in [0.05, 0.1) is 12.2 Å². The van der Waals surface area contributed by atoms with E-state index in [-0.39, 0.29) is 12.5 Å². The summed E-state index contributed by atoms with van der Waals surface area (Å²) in [5.41, 5.74) is 0.624. The highest BCUT2D eigenvalue weighted by atomic mass is 16.3. The fourth-order valence-corrected chi connectivity index (χ4v) is 2.39. The smallest absolute Gasteiger partial charge is 0.256 e. The Morgan fingerprint density at radius 3 is 2.84 bits per heavy atom. The van der Waals surface area contributed by atoms with Crippen molar-refractivity contribution in [1.29, 1.82) is 0 Å². The minimum atomic E-state index is -0.0270. The van der Waals surface area contributed by atoms with Crippen LogP contribution in [0.3, 0.4) is 0 Å². The fourth-order valence-electron chi connectivity index (χ4n) is 2.39. The van der Waals surface area contributed by atoms with Gasteiger partial charge in [-0.3, -0.25) is 9.78 Å². The monoisotopic (exact) mass is 256 g/mol.